The summed E-state index contributed by atoms with van der Waals surface area (Å²) in [5.74, 6) is 0. The van der Waals surface area contributed by atoms with Crippen LogP contribution in [0.15, 0.2) is 0 Å². The number of hydrogen-bond donors (Lipinski definition) is 1. The number of unbranched alkanes of at least 4 members (excludes halogenated alkanes) is 2. The second-order valence-corrected chi connectivity index (χ2v) is 3.15. The van der Waals surface area contributed by atoms with Gasteiger partial charge >= 0.3 is 6.16 Å². The van der Waals surface area contributed by atoms with Gasteiger partial charge in [0.1, 0.15) is 6.61 Å². The summed E-state index contributed by atoms with van der Waals surface area (Å²) < 4.78 is 9.83. The Morgan fingerprint density at radius 3 is 2.57 bits per heavy atom. The van der Waals surface area contributed by atoms with Gasteiger partial charge in [0.05, 0.1) is 6.10 Å². The molecule has 4 nitrogen and oxygen atoms in total. The smallest absolute Gasteiger partial charge is 0.450 e. The quantitative estimate of drug-likeness (QED) is 0.488. The summed E-state index contributed by atoms with van der Waals surface area (Å²) in [5.41, 5.74) is 0. The molecule has 0 fully saturated rings. The van der Waals surface area contributed by atoms with Crippen molar-refractivity contribution in [2.24, 2.45) is 0 Å². The summed E-state index contributed by atoms with van der Waals surface area (Å²) in [6.07, 6.45) is 2.92. The normalized spacial score (nSPS) is 12.4. The van der Waals surface area contributed by atoms with Gasteiger partial charge in [0.15, 0.2) is 0 Å². The maximum atomic E-state index is 10.2. The zero-order chi connectivity index (χ0) is 10.8. The van der Waals surface area contributed by atoms with Crippen molar-refractivity contribution in [1.82, 2.24) is 0 Å². The average molecular weight is 204 g/mol. The SMILES string of the molecule is CCCCCC(COC(=O)O)OCC. The topological polar surface area (TPSA) is 55.8 Å². The highest BCUT2D eigenvalue weighted by Crippen LogP contribution is 2.07. The summed E-state index contributed by atoms with van der Waals surface area (Å²) in [7, 11) is 0. The highest BCUT2D eigenvalue weighted by atomic mass is 16.7. The van der Waals surface area contributed by atoms with Crippen molar-refractivity contribution in [3.63, 3.8) is 0 Å². The van der Waals surface area contributed by atoms with E-state index in [0.717, 1.165) is 25.7 Å². The van der Waals surface area contributed by atoms with E-state index in [4.69, 9.17) is 9.84 Å². The lowest BCUT2D eigenvalue weighted by Gasteiger charge is -2.15. The van der Waals surface area contributed by atoms with Crippen LogP contribution in [0, 0.1) is 0 Å². The van der Waals surface area contributed by atoms with Crippen LogP contribution in [0.4, 0.5) is 4.79 Å². The van der Waals surface area contributed by atoms with Crippen molar-refractivity contribution in [3.05, 3.63) is 0 Å². The van der Waals surface area contributed by atoms with Gasteiger partial charge in [-0.1, -0.05) is 26.2 Å². The van der Waals surface area contributed by atoms with Gasteiger partial charge in [-0.15, -0.1) is 0 Å². The average Bonchev–Trinajstić information content (AvgIpc) is 2.14. The van der Waals surface area contributed by atoms with Gasteiger partial charge in [-0.2, -0.15) is 0 Å². The number of hydrogen-bond acceptors (Lipinski definition) is 3. The fraction of sp³-hybridized carbons (Fsp3) is 0.900. The first-order chi connectivity index (χ1) is 6.70. The van der Waals surface area contributed by atoms with Crippen LogP contribution >= 0.6 is 0 Å². The molecule has 0 heterocycles. The summed E-state index contributed by atoms with van der Waals surface area (Å²) >= 11 is 0. The predicted octanol–water partition coefficient (Wildman–Crippen LogP) is 2.67. The molecule has 0 bridgehead atoms. The maximum Gasteiger partial charge on any atom is 0.505 e. The molecule has 0 aromatic rings. The molecule has 0 aromatic carbocycles. The summed E-state index contributed by atoms with van der Waals surface area (Å²) in [5, 5.41) is 8.32. The van der Waals surface area contributed by atoms with Gasteiger partial charge in [0.25, 0.3) is 0 Å². The van der Waals surface area contributed by atoms with Crippen LogP contribution in [0.2, 0.25) is 0 Å². The van der Waals surface area contributed by atoms with Crippen molar-refractivity contribution in [2.45, 2.75) is 45.6 Å². The molecule has 0 spiro atoms. The molecule has 84 valence electrons. The van der Waals surface area contributed by atoms with E-state index in [1.54, 1.807) is 0 Å². The van der Waals surface area contributed by atoms with Gasteiger partial charge in [-0.25, -0.2) is 4.79 Å². The molecule has 0 rings (SSSR count). The van der Waals surface area contributed by atoms with Crippen molar-refractivity contribution in [1.29, 1.82) is 0 Å². The second kappa shape index (κ2) is 8.81. The Balaban J connectivity index is 3.59. The highest BCUT2D eigenvalue weighted by Gasteiger charge is 2.10. The molecule has 14 heavy (non-hydrogen) atoms. The molecule has 0 saturated carbocycles. The van der Waals surface area contributed by atoms with E-state index in [9.17, 15) is 4.79 Å². The van der Waals surface area contributed by atoms with Crippen molar-refractivity contribution in [2.75, 3.05) is 13.2 Å². The Hall–Kier alpha value is -0.770. The van der Waals surface area contributed by atoms with E-state index >= 15 is 0 Å². The monoisotopic (exact) mass is 204 g/mol. The lowest BCUT2D eigenvalue weighted by Crippen LogP contribution is -2.21. The van der Waals surface area contributed by atoms with E-state index in [0.29, 0.717) is 6.61 Å². The zero-order valence-corrected chi connectivity index (χ0v) is 8.99. The van der Waals surface area contributed by atoms with Gasteiger partial charge in [0, 0.05) is 6.61 Å². The fourth-order valence-electron chi connectivity index (χ4n) is 1.24. The zero-order valence-electron chi connectivity index (χ0n) is 8.99. The Morgan fingerprint density at radius 1 is 1.36 bits per heavy atom. The number of carboxylic acid groups (broad SMARTS) is 1. The van der Waals surface area contributed by atoms with Gasteiger partial charge in [0.2, 0.25) is 0 Å². The third-order valence-corrected chi connectivity index (χ3v) is 1.92. The molecular formula is C10H20O4. The first-order valence-electron chi connectivity index (χ1n) is 5.18. The molecule has 4 heteroatoms. The summed E-state index contributed by atoms with van der Waals surface area (Å²) in [6, 6.07) is 0. The molecule has 1 N–H and O–H groups in total. The molecule has 0 radical (unpaired) electrons. The van der Waals surface area contributed by atoms with Crippen LogP contribution in [0.25, 0.3) is 0 Å². The van der Waals surface area contributed by atoms with Crippen LogP contribution in [-0.4, -0.2) is 30.6 Å². The molecule has 0 aromatic heterocycles. The minimum Gasteiger partial charge on any atom is -0.450 e. The van der Waals surface area contributed by atoms with Gasteiger partial charge in [-0.05, 0) is 13.3 Å². The lowest BCUT2D eigenvalue weighted by atomic mass is 10.1. The van der Waals surface area contributed by atoms with Crippen LogP contribution in [-0.2, 0) is 9.47 Å². The third-order valence-electron chi connectivity index (χ3n) is 1.92. The Kier molecular flexibility index (Phi) is 8.33. The number of rotatable bonds is 8. The molecule has 0 saturated heterocycles. The lowest BCUT2D eigenvalue weighted by molar-refractivity contribution is -0.00706. The minimum absolute atomic E-state index is 0.0809. The van der Waals surface area contributed by atoms with E-state index in [1.165, 1.54) is 0 Å². The first-order valence-corrected chi connectivity index (χ1v) is 5.18. The predicted molar refractivity (Wildman–Crippen MR) is 53.5 cm³/mol. The van der Waals surface area contributed by atoms with Crippen LogP contribution in [0.1, 0.15) is 39.5 Å². The van der Waals surface area contributed by atoms with E-state index in [1.807, 2.05) is 6.92 Å². The first kappa shape index (κ1) is 13.2. The van der Waals surface area contributed by atoms with Crippen molar-refractivity contribution < 1.29 is 19.4 Å². The molecule has 0 aliphatic carbocycles. The fourth-order valence-corrected chi connectivity index (χ4v) is 1.24. The van der Waals surface area contributed by atoms with Crippen molar-refractivity contribution >= 4 is 6.16 Å². The van der Waals surface area contributed by atoms with E-state index in [-0.39, 0.29) is 12.7 Å². The molecule has 1 unspecified atom stereocenters. The number of carbonyl (C=O) groups is 1. The maximum absolute atomic E-state index is 10.2. The molecule has 0 aliphatic rings. The molecule has 0 aliphatic heterocycles. The summed E-state index contributed by atoms with van der Waals surface area (Å²) in [6.45, 7) is 4.77. The standard InChI is InChI=1S/C10H20O4/c1-3-5-6-7-9(13-4-2)8-14-10(11)12/h9H,3-8H2,1-2H3,(H,11,12). The van der Waals surface area contributed by atoms with E-state index < -0.39 is 6.16 Å². The Labute approximate surface area is 85.2 Å². The molecule has 0 amide bonds. The van der Waals surface area contributed by atoms with E-state index in [2.05, 4.69) is 11.7 Å². The van der Waals surface area contributed by atoms with Crippen LogP contribution < -0.4 is 0 Å². The second-order valence-electron chi connectivity index (χ2n) is 3.15. The van der Waals surface area contributed by atoms with Crippen molar-refractivity contribution in [3.8, 4) is 0 Å². The largest absolute Gasteiger partial charge is 0.505 e. The Morgan fingerprint density at radius 2 is 2.07 bits per heavy atom. The minimum atomic E-state index is -1.23. The van der Waals surface area contributed by atoms with Gasteiger partial charge in [-0.3, -0.25) is 0 Å². The van der Waals surface area contributed by atoms with Gasteiger partial charge < -0.3 is 14.6 Å². The molecule has 1 atom stereocenters. The third kappa shape index (κ3) is 7.86. The summed E-state index contributed by atoms with van der Waals surface area (Å²) in [4.78, 5) is 10.2. The van der Waals surface area contributed by atoms with Crippen LogP contribution in [0.3, 0.4) is 0 Å². The highest BCUT2D eigenvalue weighted by molar-refractivity contribution is 5.56. The Bertz CT molecular complexity index is 147. The van der Waals surface area contributed by atoms with Crippen LogP contribution in [0.5, 0.6) is 0 Å². The number of ether oxygens (including phenoxy) is 2. The molecular weight excluding hydrogens is 184 g/mol.